The summed E-state index contributed by atoms with van der Waals surface area (Å²) in [5.41, 5.74) is 0.411. The third kappa shape index (κ3) is 4.47. The van der Waals surface area contributed by atoms with Crippen molar-refractivity contribution in [3.05, 3.63) is 111 Å². The molecule has 0 aliphatic rings. The summed E-state index contributed by atoms with van der Waals surface area (Å²) >= 11 is 6.00. The molecule has 0 saturated heterocycles. The number of hydrogen-bond donors (Lipinski definition) is 0. The molecule has 0 spiro atoms. The molecule has 0 unspecified atom stereocenters. The number of pyridine rings is 2. The molecule has 11 heteroatoms. The van der Waals surface area contributed by atoms with Crippen molar-refractivity contribution < 1.29 is 22.0 Å². The first-order valence-electron chi connectivity index (χ1n) is 10.5. The van der Waals surface area contributed by atoms with E-state index in [1.165, 1.54) is 16.7 Å². The van der Waals surface area contributed by atoms with E-state index in [0.717, 1.165) is 35.1 Å². The second-order valence-corrected chi connectivity index (χ2v) is 8.39. The highest BCUT2D eigenvalue weighted by Gasteiger charge is 2.32. The summed E-state index contributed by atoms with van der Waals surface area (Å²) in [6, 6.07) is 13.4. The van der Waals surface area contributed by atoms with Crippen molar-refractivity contribution in [1.82, 2.24) is 19.2 Å². The van der Waals surface area contributed by atoms with Crippen LogP contribution in [0.5, 0.6) is 0 Å². The quantitative estimate of drug-likeness (QED) is 0.266. The van der Waals surface area contributed by atoms with E-state index < -0.39 is 29.2 Å². The summed E-state index contributed by atoms with van der Waals surface area (Å²) in [4.78, 5) is 16.5. The first kappa shape index (κ1) is 23.7. The van der Waals surface area contributed by atoms with Crippen molar-refractivity contribution in [1.29, 1.82) is 0 Å². The highest BCUT2D eigenvalue weighted by molar-refractivity contribution is 6.30. The second-order valence-electron chi connectivity index (χ2n) is 7.95. The largest absolute Gasteiger partial charge is 0.433 e. The van der Waals surface area contributed by atoms with Crippen LogP contribution in [0, 0.1) is 11.6 Å². The van der Waals surface area contributed by atoms with Gasteiger partial charge in [-0.1, -0.05) is 29.8 Å². The van der Waals surface area contributed by atoms with Gasteiger partial charge in [-0.05, 0) is 58.7 Å². The molecule has 0 saturated carbocycles. The Labute approximate surface area is 205 Å². The van der Waals surface area contributed by atoms with Crippen molar-refractivity contribution in [2.45, 2.75) is 12.7 Å². The molecular formula is C25H14ClF5N4O. The number of halogens is 6. The SMILES string of the molecule is O=c1n(Cc2ccc(C(F)(F)F)nc2)nc2c(-c3cc(F)cc(F)c3)c(-c3ccc(Cl)cc3)ccn12. The zero-order valence-corrected chi connectivity index (χ0v) is 18.9. The van der Waals surface area contributed by atoms with E-state index in [9.17, 15) is 26.7 Å². The van der Waals surface area contributed by atoms with Gasteiger partial charge in [-0.2, -0.15) is 13.2 Å². The van der Waals surface area contributed by atoms with Crippen LogP contribution < -0.4 is 5.69 Å². The van der Waals surface area contributed by atoms with Gasteiger partial charge in [-0.15, -0.1) is 5.10 Å². The number of hydrogen-bond acceptors (Lipinski definition) is 3. The fraction of sp³-hybridized carbons (Fsp3) is 0.0800. The van der Waals surface area contributed by atoms with Crippen molar-refractivity contribution in [3.63, 3.8) is 0 Å². The number of aromatic nitrogens is 4. The van der Waals surface area contributed by atoms with E-state index in [-0.39, 0.29) is 17.8 Å². The molecule has 0 radical (unpaired) electrons. The number of benzene rings is 2. The monoisotopic (exact) mass is 516 g/mol. The highest BCUT2D eigenvalue weighted by atomic mass is 35.5. The van der Waals surface area contributed by atoms with Crippen LogP contribution in [0.1, 0.15) is 11.3 Å². The Morgan fingerprint density at radius 3 is 2.19 bits per heavy atom. The smallest absolute Gasteiger partial charge is 0.251 e. The second kappa shape index (κ2) is 8.87. The van der Waals surface area contributed by atoms with Gasteiger partial charge in [0.05, 0.1) is 6.54 Å². The van der Waals surface area contributed by atoms with E-state index in [2.05, 4.69) is 10.1 Å². The molecule has 182 valence electrons. The molecule has 5 rings (SSSR count). The Morgan fingerprint density at radius 2 is 1.58 bits per heavy atom. The van der Waals surface area contributed by atoms with E-state index in [1.807, 2.05) is 0 Å². The van der Waals surface area contributed by atoms with Crippen molar-refractivity contribution in [2.75, 3.05) is 0 Å². The van der Waals surface area contributed by atoms with Gasteiger partial charge in [0.25, 0.3) is 0 Å². The van der Waals surface area contributed by atoms with Crippen LogP contribution in [0.25, 0.3) is 27.9 Å². The first-order valence-corrected chi connectivity index (χ1v) is 10.8. The maximum Gasteiger partial charge on any atom is 0.433 e. The predicted octanol–water partition coefficient (Wildman–Crippen LogP) is 6.22. The van der Waals surface area contributed by atoms with Gasteiger partial charge in [0.1, 0.15) is 17.3 Å². The van der Waals surface area contributed by atoms with E-state index in [0.29, 0.717) is 27.3 Å². The molecular weight excluding hydrogens is 503 g/mol. The molecule has 0 N–H and O–H groups in total. The van der Waals surface area contributed by atoms with Crippen LogP contribution in [0.4, 0.5) is 22.0 Å². The van der Waals surface area contributed by atoms with Gasteiger partial charge < -0.3 is 0 Å². The van der Waals surface area contributed by atoms with Gasteiger partial charge in [0, 0.05) is 29.0 Å². The molecule has 0 atom stereocenters. The standard InChI is InChI=1S/C25H14ClF5N4O/c26-17-4-2-15(3-5-17)20-7-8-34-23(22(20)16-9-18(27)11-19(28)10-16)33-35(24(34)36)13-14-1-6-21(32-12-14)25(29,30)31/h1-12H,13H2. The van der Waals surface area contributed by atoms with E-state index >= 15 is 0 Å². The first-order chi connectivity index (χ1) is 17.1. The molecule has 0 amide bonds. The Balaban J connectivity index is 1.68. The van der Waals surface area contributed by atoms with E-state index in [1.54, 1.807) is 30.3 Å². The fourth-order valence-corrected chi connectivity index (χ4v) is 4.02. The number of nitrogens with zero attached hydrogens (tertiary/aromatic N) is 4. The number of fused-ring (bicyclic) bond motifs is 1. The molecule has 2 aromatic carbocycles. The molecule has 5 nitrogen and oxygen atoms in total. The van der Waals surface area contributed by atoms with Crippen LogP contribution in [-0.4, -0.2) is 19.2 Å². The van der Waals surface area contributed by atoms with E-state index in [4.69, 9.17) is 11.6 Å². The minimum atomic E-state index is -4.59. The lowest BCUT2D eigenvalue weighted by Gasteiger charge is -2.12. The summed E-state index contributed by atoms with van der Waals surface area (Å²) < 4.78 is 69.0. The zero-order chi connectivity index (χ0) is 25.6. The lowest BCUT2D eigenvalue weighted by molar-refractivity contribution is -0.141. The summed E-state index contributed by atoms with van der Waals surface area (Å²) in [6.45, 7) is -0.168. The summed E-state index contributed by atoms with van der Waals surface area (Å²) in [7, 11) is 0. The molecule has 36 heavy (non-hydrogen) atoms. The maximum atomic E-state index is 14.2. The molecule has 0 aliphatic heterocycles. The Morgan fingerprint density at radius 1 is 0.889 bits per heavy atom. The van der Waals surface area contributed by atoms with Crippen LogP contribution in [0.15, 0.2) is 77.9 Å². The van der Waals surface area contributed by atoms with Gasteiger partial charge in [-0.3, -0.25) is 4.98 Å². The highest BCUT2D eigenvalue weighted by Crippen LogP contribution is 2.36. The maximum absolute atomic E-state index is 14.2. The average Bonchev–Trinajstić information content (AvgIpc) is 3.13. The summed E-state index contributed by atoms with van der Waals surface area (Å²) in [5.74, 6) is -1.63. The van der Waals surface area contributed by atoms with Gasteiger partial charge in [0.15, 0.2) is 5.65 Å². The zero-order valence-electron chi connectivity index (χ0n) is 18.1. The van der Waals surface area contributed by atoms with Crippen molar-refractivity contribution in [3.8, 4) is 22.3 Å². The van der Waals surface area contributed by atoms with Crippen molar-refractivity contribution in [2.24, 2.45) is 0 Å². The minimum Gasteiger partial charge on any atom is -0.251 e. The van der Waals surface area contributed by atoms with Crippen LogP contribution in [0.3, 0.4) is 0 Å². The normalized spacial score (nSPS) is 11.8. The lowest BCUT2D eigenvalue weighted by Crippen LogP contribution is -2.21. The molecule has 0 fully saturated rings. The Hall–Kier alpha value is -4.05. The van der Waals surface area contributed by atoms with Gasteiger partial charge >= 0.3 is 11.9 Å². The number of rotatable bonds is 4. The summed E-state index contributed by atoms with van der Waals surface area (Å²) in [5, 5.41) is 4.85. The predicted molar refractivity (Wildman–Crippen MR) is 124 cm³/mol. The minimum absolute atomic E-state index is 0.109. The van der Waals surface area contributed by atoms with Crippen LogP contribution in [0.2, 0.25) is 5.02 Å². The third-order valence-corrected chi connectivity index (χ3v) is 5.76. The Bertz CT molecular complexity index is 1620. The molecule has 3 heterocycles. The molecule has 3 aromatic heterocycles. The van der Waals surface area contributed by atoms with Crippen LogP contribution >= 0.6 is 11.6 Å². The third-order valence-electron chi connectivity index (χ3n) is 5.51. The number of alkyl halides is 3. The lowest BCUT2D eigenvalue weighted by atomic mass is 9.95. The molecule has 0 aliphatic carbocycles. The average molecular weight is 517 g/mol. The fourth-order valence-electron chi connectivity index (χ4n) is 3.89. The van der Waals surface area contributed by atoms with Crippen LogP contribution in [-0.2, 0) is 12.7 Å². The summed E-state index contributed by atoms with van der Waals surface area (Å²) in [6.07, 6.45) is -2.11. The molecule has 0 bridgehead atoms. The molecule has 5 aromatic rings. The van der Waals surface area contributed by atoms with Gasteiger partial charge in [0.2, 0.25) is 0 Å². The van der Waals surface area contributed by atoms with Gasteiger partial charge in [-0.25, -0.2) is 22.7 Å². The van der Waals surface area contributed by atoms with Crippen molar-refractivity contribution >= 4 is 17.2 Å². The topological polar surface area (TPSA) is 52.2 Å². The Kier molecular flexibility index (Phi) is 5.83.